The predicted molar refractivity (Wildman–Crippen MR) is 91.7 cm³/mol. The van der Waals surface area contributed by atoms with E-state index in [1.54, 1.807) is 0 Å². The number of amides is 1. The third-order valence-electron chi connectivity index (χ3n) is 3.18. The third kappa shape index (κ3) is 6.52. The Morgan fingerprint density at radius 2 is 2.32 bits per heavy atom. The molecule has 2 rings (SSSR count). The summed E-state index contributed by atoms with van der Waals surface area (Å²) in [5.74, 6) is 0.794. The lowest BCUT2D eigenvalue weighted by atomic mass is 10.2. The van der Waals surface area contributed by atoms with Crippen LogP contribution in [0.3, 0.4) is 0 Å². The van der Waals surface area contributed by atoms with Gasteiger partial charge in [0.1, 0.15) is 11.9 Å². The average molecular weight is 394 g/mol. The Balaban J connectivity index is 0.00000242. The van der Waals surface area contributed by atoms with Crippen LogP contribution < -0.4 is 15.4 Å². The number of hydrogen-bond acceptors (Lipinski definition) is 4. The van der Waals surface area contributed by atoms with E-state index >= 15 is 0 Å². The Kier molecular flexibility index (Phi) is 8.78. The van der Waals surface area contributed by atoms with E-state index in [2.05, 4.69) is 26.6 Å². The lowest BCUT2D eigenvalue weighted by Gasteiger charge is -2.23. The fraction of sp³-hybridized carbons (Fsp3) is 0.533. The fourth-order valence-corrected chi connectivity index (χ4v) is 2.48. The zero-order chi connectivity index (χ0) is 15.1. The van der Waals surface area contributed by atoms with Crippen molar-refractivity contribution in [3.63, 3.8) is 0 Å². The maximum atomic E-state index is 11.9. The largest absolute Gasteiger partial charge is 0.488 e. The topological polar surface area (TPSA) is 59.6 Å². The Bertz CT molecular complexity index is 470. The van der Waals surface area contributed by atoms with Gasteiger partial charge in [0.2, 0.25) is 5.91 Å². The third-order valence-corrected chi connectivity index (χ3v) is 3.84. The summed E-state index contributed by atoms with van der Waals surface area (Å²) < 4.78 is 12.0. The van der Waals surface area contributed by atoms with E-state index in [-0.39, 0.29) is 30.5 Å². The number of halogens is 2. The first-order valence-corrected chi connectivity index (χ1v) is 7.93. The first kappa shape index (κ1) is 19.2. The van der Waals surface area contributed by atoms with Gasteiger partial charge in [0.05, 0.1) is 24.2 Å². The van der Waals surface area contributed by atoms with E-state index in [1.165, 1.54) is 0 Å². The Morgan fingerprint density at radius 3 is 3.00 bits per heavy atom. The van der Waals surface area contributed by atoms with E-state index in [9.17, 15) is 4.79 Å². The highest BCUT2D eigenvalue weighted by Crippen LogP contribution is 2.24. The van der Waals surface area contributed by atoms with Crippen molar-refractivity contribution in [3.8, 4) is 5.75 Å². The van der Waals surface area contributed by atoms with Gasteiger partial charge in [-0.15, -0.1) is 12.4 Å². The van der Waals surface area contributed by atoms with Crippen LogP contribution in [-0.2, 0) is 9.53 Å². The van der Waals surface area contributed by atoms with Gasteiger partial charge in [-0.2, -0.15) is 0 Å². The summed E-state index contributed by atoms with van der Waals surface area (Å²) in [5.41, 5.74) is 0. The molecule has 2 atom stereocenters. The summed E-state index contributed by atoms with van der Waals surface area (Å²) >= 11 is 3.44. The molecule has 0 aliphatic carbocycles. The highest BCUT2D eigenvalue weighted by atomic mass is 79.9. The molecule has 2 N–H and O–H groups in total. The minimum atomic E-state index is -0.0942. The van der Waals surface area contributed by atoms with Gasteiger partial charge in [-0.05, 0) is 35.0 Å². The molecule has 1 heterocycles. The summed E-state index contributed by atoms with van der Waals surface area (Å²) in [5, 5.41) is 6.16. The summed E-state index contributed by atoms with van der Waals surface area (Å²) in [6.45, 7) is 4.53. The van der Waals surface area contributed by atoms with Gasteiger partial charge in [-0.25, -0.2) is 0 Å². The van der Waals surface area contributed by atoms with Crippen molar-refractivity contribution in [2.45, 2.75) is 25.5 Å². The van der Waals surface area contributed by atoms with Crippen molar-refractivity contribution >= 4 is 34.2 Å². The smallest absolute Gasteiger partial charge is 0.221 e. The summed E-state index contributed by atoms with van der Waals surface area (Å²) in [4.78, 5) is 11.9. The molecule has 124 valence electrons. The SMILES string of the molecule is CC(CNC(=O)CC1COCCN1)Oc1ccccc1Br.Cl. The number of morpholine rings is 1. The molecule has 0 saturated carbocycles. The van der Waals surface area contributed by atoms with E-state index < -0.39 is 0 Å². The van der Waals surface area contributed by atoms with Gasteiger partial charge in [0, 0.05) is 19.0 Å². The minimum absolute atomic E-state index is 0. The molecular formula is C15H22BrClN2O3. The second kappa shape index (κ2) is 10.0. The number of benzene rings is 1. The minimum Gasteiger partial charge on any atom is -0.488 e. The number of nitrogens with one attached hydrogen (secondary N) is 2. The van der Waals surface area contributed by atoms with Crippen LogP contribution in [0.25, 0.3) is 0 Å². The monoisotopic (exact) mass is 392 g/mol. The van der Waals surface area contributed by atoms with Crippen molar-refractivity contribution in [2.24, 2.45) is 0 Å². The van der Waals surface area contributed by atoms with Crippen LogP contribution in [0.5, 0.6) is 5.75 Å². The maximum Gasteiger partial charge on any atom is 0.221 e. The van der Waals surface area contributed by atoms with Crippen LogP contribution in [0.1, 0.15) is 13.3 Å². The van der Waals surface area contributed by atoms with Crippen molar-refractivity contribution in [2.75, 3.05) is 26.3 Å². The highest BCUT2D eigenvalue weighted by Gasteiger charge is 2.17. The zero-order valence-corrected chi connectivity index (χ0v) is 14.9. The van der Waals surface area contributed by atoms with Gasteiger partial charge in [0.25, 0.3) is 0 Å². The number of ether oxygens (including phenoxy) is 2. The number of para-hydroxylation sites is 1. The molecule has 0 radical (unpaired) electrons. The Hall–Kier alpha value is -0.820. The van der Waals surface area contributed by atoms with Crippen LogP contribution in [-0.4, -0.2) is 44.4 Å². The molecule has 0 aromatic heterocycles. The van der Waals surface area contributed by atoms with Crippen LogP contribution in [0.2, 0.25) is 0 Å². The van der Waals surface area contributed by atoms with Gasteiger partial charge in [-0.1, -0.05) is 12.1 Å². The van der Waals surface area contributed by atoms with Crippen molar-refractivity contribution in [3.05, 3.63) is 28.7 Å². The molecular weight excluding hydrogens is 372 g/mol. The molecule has 1 fully saturated rings. The first-order chi connectivity index (χ1) is 10.1. The van der Waals surface area contributed by atoms with Gasteiger partial charge < -0.3 is 20.1 Å². The van der Waals surface area contributed by atoms with Crippen LogP contribution in [0.15, 0.2) is 28.7 Å². The predicted octanol–water partition coefficient (Wildman–Crippen LogP) is 2.13. The van der Waals surface area contributed by atoms with Gasteiger partial charge in [-0.3, -0.25) is 4.79 Å². The molecule has 1 amide bonds. The quantitative estimate of drug-likeness (QED) is 0.777. The fourth-order valence-electron chi connectivity index (χ4n) is 2.10. The summed E-state index contributed by atoms with van der Waals surface area (Å²) in [7, 11) is 0. The number of hydrogen-bond donors (Lipinski definition) is 2. The van der Waals surface area contributed by atoms with Crippen molar-refractivity contribution < 1.29 is 14.3 Å². The Labute approximate surface area is 145 Å². The number of carbonyl (C=O) groups is 1. The molecule has 0 spiro atoms. The van der Waals surface area contributed by atoms with E-state index in [0.29, 0.717) is 19.6 Å². The lowest BCUT2D eigenvalue weighted by Crippen LogP contribution is -2.45. The molecule has 2 unspecified atom stereocenters. The maximum absolute atomic E-state index is 11.9. The van der Waals surface area contributed by atoms with Gasteiger partial charge in [0.15, 0.2) is 0 Å². The normalized spacial score (nSPS) is 18.9. The summed E-state index contributed by atoms with van der Waals surface area (Å²) in [6.07, 6.45) is 0.338. The Morgan fingerprint density at radius 1 is 1.55 bits per heavy atom. The second-order valence-corrected chi connectivity index (χ2v) is 5.95. The molecule has 1 saturated heterocycles. The molecule has 7 heteroatoms. The first-order valence-electron chi connectivity index (χ1n) is 7.14. The van der Waals surface area contributed by atoms with Crippen molar-refractivity contribution in [1.29, 1.82) is 0 Å². The second-order valence-electron chi connectivity index (χ2n) is 5.09. The van der Waals surface area contributed by atoms with Crippen LogP contribution >= 0.6 is 28.3 Å². The van der Waals surface area contributed by atoms with Gasteiger partial charge >= 0.3 is 0 Å². The van der Waals surface area contributed by atoms with Crippen LogP contribution in [0.4, 0.5) is 0 Å². The number of rotatable bonds is 6. The molecule has 1 aliphatic rings. The molecule has 0 bridgehead atoms. The van der Waals surface area contributed by atoms with E-state index in [4.69, 9.17) is 9.47 Å². The highest BCUT2D eigenvalue weighted by molar-refractivity contribution is 9.10. The van der Waals surface area contributed by atoms with E-state index in [0.717, 1.165) is 23.4 Å². The standard InChI is InChI=1S/C15H21BrN2O3.ClH/c1-11(21-14-5-3-2-4-13(14)16)9-18-15(19)8-12-10-20-7-6-17-12;/h2-5,11-12,17H,6-10H2,1H3,(H,18,19);1H. The number of carbonyl (C=O) groups excluding carboxylic acids is 1. The van der Waals surface area contributed by atoms with E-state index in [1.807, 2.05) is 31.2 Å². The molecule has 5 nitrogen and oxygen atoms in total. The molecule has 22 heavy (non-hydrogen) atoms. The lowest BCUT2D eigenvalue weighted by molar-refractivity contribution is -0.122. The zero-order valence-electron chi connectivity index (χ0n) is 12.5. The van der Waals surface area contributed by atoms with Crippen molar-refractivity contribution in [1.82, 2.24) is 10.6 Å². The van der Waals surface area contributed by atoms with Crippen LogP contribution in [0, 0.1) is 0 Å². The molecule has 1 aliphatic heterocycles. The average Bonchev–Trinajstić information content (AvgIpc) is 2.49. The summed E-state index contributed by atoms with van der Waals surface area (Å²) in [6, 6.07) is 7.78. The molecule has 1 aromatic carbocycles. The molecule has 1 aromatic rings.